The first kappa shape index (κ1) is 10.8. The average Bonchev–Trinajstić information content (AvgIpc) is 2.12. The second-order valence-electron chi connectivity index (χ2n) is 3.56. The van der Waals surface area contributed by atoms with Crippen LogP contribution in [-0.4, -0.2) is 62.1 Å². The molecule has 1 rings (SSSR count). The Morgan fingerprint density at radius 2 is 1.77 bits per heavy atom. The third-order valence-electron chi connectivity index (χ3n) is 2.53. The van der Waals surface area contributed by atoms with Crippen molar-refractivity contribution < 1.29 is 25.5 Å². The first-order chi connectivity index (χ1) is 5.92. The molecular formula is C7H15NO5. The second kappa shape index (κ2) is 3.49. The fraction of sp³-hybridized carbons (Fsp3) is 1.00. The van der Waals surface area contributed by atoms with Gasteiger partial charge in [-0.3, -0.25) is 0 Å². The molecule has 0 aromatic heterocycles. The molecule has 0 saturated heterocycles. The summed E-state index contributed by atoms with van der Waals surface area (Å²) in [4.78, 5) is 0. The van der Waals surface area contributed by atoms with Gasteiger partial charge in [0, 0.05) is 6.04 Å². The van der Waals surface area contributed by atoms with E-state index in [-0.39, 0.29) is 6.42 Å². The minimum atomic E-state index is -1.82. The summed E-state index contributed by atoms with van der Waals surface area (Å²) >= 11 is 0. The third kappa shape index (κ3) is 1.69. The van der Waals surface area contributed by atoms with Crippen molar-refractivity contribution >= 4 is 0 Å². The highest BCUT2D eigenvalue weighted by molar-refractivity contribution is 5.03. The van der Waals surface area contributed by atoms with Crippen molar-refractivity contribution in [3.63, 3.8) is 0 Å². The van der Waals surface area contributed by atoms with Gasteiger partial charge in [-0.05, 0) is 6.42 Å². The minimum absolute atomic E-state index is 0.150. The zero-order valence-electron chi connectivity index (χ0n) is 7.04. The van der Waals surface area contributed by atoms with Crippen LogP contribution in [0, 0.1) is 0 Å². The van der Waals surface area contributed by atoms with E-state index >= 15 is 0 Å². The van der Waals surface area contributed by atoms with Gasteiger partial charge in [0.1, 0.15) is 17.8 Å². The van der Waals surface area contributed by atoms with Crippen LogP contribution in [0.15, 0.2) is 0 Å². The molecule has 0 unspecified atom stereocenters. The number of aliphatic hydroxyl groups excluding tert-OH is 4. The van der Waals surface area contributed by atoms with Crippen LogP contribution in [0.1, 0.15) is 6.42 Å². The smallest absolute Gasteiger partial charge is 0.118 e. The molecule has 7 N–H and O–H groups in total. The van der Waals surface area contributed by atoms with Crippen LogP contribution >= 0.6 is 0 Å². The Kier molecular flexibility index (Phi) is 2.91. The molecule has 78 valence electrons. The number of hydrogen-bond acceptors (Lipinski definition) is 6. The summed E-state index contributed by atoms with van der Waals surface area (Å²) < 4.78 is 0. The van der Waals surface area contributed by atoms with Crippen molar-refractivity contribution in [1.82, 2.24) is 0 Å². The van der Waals surface area contributed by atoms with Crippen LogP contribution in [0.2, 0.25) is 0 Å². The van der Waals surface area contributed by atoms with E-state index in [0.29, 0.717) is 0 Å². The molecule has 0 aliphatic heterocycles. The van der Waals surface area contributed by atoms with Gasteiger partial charge in [-0.25, -0.2) is 0 Å². The maximum absolute atomic E-state index is 9.56. The van der Waals surface area contributed by atoms with E-state index in [1.807, 2.05) is 0 Å². The van der Waals surface area contributed by atoms with Crippen LogP contribution in [0.5, 0.6) is 0 Å². The Morgan fingerprint density at radius 1 is 1.23 bits per heavy atom. The SMILES string of the molecule is N[C@@H]1C[C@](O)(CO)[C@H](O)[C@@H](O)[C@@H]1O. The van der Waals surface area contributed by atoms with Crippen LogP contribution in [0.25, 0.3) is 0 Å². The average molecular weight is 193 g/mol. The van der Waals surface area contributed by atoms with Crippen molar-refractivity contribution in [3.05, 3.63) is 0 Å². The summed E-state index contributed by atoms with van der Waals surface area (Å²) in [7, 11) is 0. The predicted octanol–water partition coefficient (Wildman–Crippen LogP) is -3.48. The summed E-state index contributed by atoms with van der Waals surface area (Å²) in [5.74, 6) is 0. The molecule has 1 saturated carbocycles. The molecular weight excluding hydrogens is 178 g/mol. The number of hydrogen-bond donors (Lipinski definition) is 6. The molecule has 0 aromatic rings. The molecule has 1 aliphatic carbocycles. The molecule has 0 bridgehead atoms. The van der Waals surface area contributed by atoms with Gasteiger partial charge in [-0.15, -0.1) is 0 Å². The Balaban J connectivity index is 2.82. The Labute approximate surface area is 75.2 Å². The highest BCUT2D eigenvalue weighted by Crippen LogP contribution is 2.28. The van der Waals surface area contributed by atoms with Gasteiger partial charge in [0.2, 0.25) is 0 Å². The molecule has 0 heterocycles. The summed E-state index contributed by atoms with van der Waals surface area (Å²) in [6.07, 6.45) is -4.53. The largest absolute Gasteiger partial charge is 0.393 e. The molecule has 6 nitrogen and oxygen atoms in total. The summed E-state index contributed by atoms with van der Waals surface area (Å²) in [5, 5.41) is 46.1. The lowest BCUT2D eigenvalue weighted by atomic mass is 9.77. The van der Waals surface area contributed by atoms with Crippen LogP contribution in [-0.2, 0) is 0 Å². The van der Waals surface area contributed by atoms with Crippen molar-refractivity contribution in [2.75, 3.05) is 6.61 Å². The fourth-order valence-electron chi connectivity index (χ4n) is 1.57. The van der Waals surface area contributed by atoms with Crippen molar-refractivity contribution in [2.45, 2.75) is 36.4 Å². The normalized spacial score (nSPS) is 52.2. The third-order valence-corrected chi connectivity index (χ3v) is 2.53. The number of nitrogens with two attached hydrogens (primary N) is 1. The van der Waals surface area contributed by atoms with Gasteiger partial charge in [0.05, 0.1) is 12.7 Å². The lowest BCUT2D eigenvalue weighted by Gasteiger charge is -2.43. The van der Waals surface area contributed by atoms with Crippen molar-refractivity contribution in [1.29, 1.82) is 0 Å². The van der Waals surface area contributed by atoms with Gasteiger partial charge in [0.15, 0.2) is 0 Å². The van der Waals surface area contributed by atoms with E-state index in [4.69, 9.17) is 10.8 Å². The monoisotopic (exact) mass is 193 g/mol. The van der Waals surface area contributed by atoms with Gasteiger partial charge < -0.3 is 31.3 Å². The molecule has 5 atom stereocenters. The Bertz CT molecular complexity index is 190. The standard InChI is InChI=1S/C7H15NO5/c8-3-1-7(13,2-9)6(12)5(11)4(3)10/h3-6,9-13H,1-2,8H2/t3-,4-,5+,6-,7+/m1/s1. The zero-order valence-corrected chi connectivity index (χ0v) is 7.04. The van der Waals surface area contributed by atoms with E-state index in [0.717, 1.165) is 0 Å². The Morgan fingerprint density at radius 3 is 2.23 bits per heavy atom. The summed E-state index contributed by atoms with van der Waals surface area (Å²) in [6.45, 7) is -0.703. The molecule has 1 aliphatic rings. The highest BCUT2D eigenvalue weighted by atomic mass is 16.4. The molecule has 0 radical (unpaired) electrons. The van der Waals surface area contributed by atoms with Gasteiger partial charge in [0.25, 0.3) is 0 Å². The van der Waals surface area contributed by atoms with Gasteiger partial charge in [-0.2, -0.15) is 0 Å². The van der Waals surface area contributed by atoms with Crippen LogP contribution < -0.4 is 5.73 Å². The lowest BCUT2D eigenvalue weighted by molar-refractivity contribution is -0.203. The van der Waals surface area contributed by atoms with E-state index < -0.39 is 36.6 Å². The van der Waals surface area contributed by atoms with E-state index in [2.05, 4.69) is 0 Å². The van der Waals surface area contributed by atoms with Gasteiger partial charge in [-0.1, -0.05) is 0 Å². The number of rotatable bonds is 1. The first-order valence-electron chi connectivity index (χ1n) is 4.05. The summed E-state index contributed by atoms with van der Waals surface area (Å²) in [5.41, 5.74) is 3.57. The van der Waals surface area contributed by atoms with Crippen LogP contribution in [0.4, 0.5) is 0 Å². The predicted molar refractivity (Wildman–Crippen MR) is 42.6 cm³/mol. The van der Waals surface area contributed by atoms with E-state index in [9.17, 15) is 20.4 Å². The molecule has 0 aromatic carbocycles. The molecule has 1 fully saturated rings. The lowest BCUT2D eigenvalue weighted by Crippen LogP contribution is -2.66. The van der Waals surface area contributed by atoms with Crippen LogP contribution in [0.3, 0.4) is 0 Å². The molecule has 13 heavy (non-hydrogen) atoms. The van der Waals surface area contributed by atoms with Gasteiger partial charge >= 0.3 is 0 Å². The second-order valence-corrected chi connectivity index (χ2v) is 3.56. The summed E-state index contributed by atoms with van der Waals surface area (Å²) in [6, 6.07) is -0.851. The zero-order chi connectivity index (χ0) is 10.2. The minimum Gasteiger partial charge on any atom is -0.393 e. The quantitative estimate of drug-likeness (QED) is 0.257. The highest BCUT2D eigenvalue weighted by Gasteiger charge is 2.49. The molecule has 0 spiro atoms. The molecule has 6 heteroatoms. The van der Waals surface area contributed by atoms with Crippen molar-refractivity contribution in [3.8, 4) is 0 Å². The first-order valence-corrected chi connectivity index (χ1v) is 4.05. The fourth-order valence-corrected chi connectivity index (χ4v) is 1.57. The maximum Gasteiger partial charge on any atom is 0.118 e. The molecule has 0 amide bonds. The number of aliphatic hydroxyl groups is 5. The topological polar surface area (TPSA) is 127 Å². The van der Waals surface area contributed by atoms with Crippen molar-refractivity contribution in [2.24, 2.45) is 5.73 Å². The van der Waals surface area contributed by atoms with E-state index in [1.165, 1.54) is 0 Å². The van der Waals surface area contributed by atoms with E-state index in [1.54, 1.807) is 0 Å². The Hall–Kier alpha value is -0.240. The maximum atomic E-state index is 9.56.